The molecule has 46 heavy (non-hydrogen) atoms. The fourth-order valence-electron chi connectivity index (χ4n) is 5.81. The topological polar surface area (TPSA) is 133 Å². The molecule has 0 aliphatic heterocycles. The van der Waals surface area contributed by atoms with Crippen molar-refractivity contribution < 1.29 is 29.4 Å². The van der Waals surface area contributed by atoms with Crippen LogP contribution in [0.5, 0.6) is 0 Å². The van der Waals surface area contributed by atoms with E-state index in [2.05, 4.69) is 30.4 Å². The number of rotatable bonds is 9. The Kier molecular flexibility index (Phi) is 7.39. The molecule has 6 aromatic carbocycles. The summed E-state index contributed by atoms with van der Waals surface area (Å²) >= 11 is 0. The predicted molar refractivity (Wildman–Crippen MR) is 183 cm³/mol. The maximum atomic E-state index is 13.6. The lowest BCUT2D eigenvalue weighted by atomic mass is 9.92. The van der Waals surface area contributed by atoms with Crippen molar-refractivity contribution in [3.63, 3.8) is 0 Å². The maximum Gasteiger partial charge on any atom is 0.336 e. The summed E-state index contributed by atoms with van der Waals surface area (Å²) in [5.41, 5.74) is 2.35. The molecule has 0 unspecified atom stereocenters. The summed E-state index contributed by atoms with van der Waals surface area (Å²) in [5.74, 6) is -3.66. The number of carboxylic acid groups (broad SMARTS) is 2. The standard InChI is InChI=1S/C38H26N2O6/c1-4-20-7-12-25(37(43)44)28(17-20)35(41)39-31-15-10-23-9-14-27-32(16-11-24-8-13-26(31)33(23)34(24)27)40-36(42)29-18-21(5-2)22(6-3)19-30(29)38(45)46/h4-19H,1-3H2,(H,39,41)(H,40,42)(H,43,44)(H,45,46). The second-order valence-corrected chi connectivity index (χ2v) is 10.6. The number of benzene rings is 6. The number of hydrogen-bond acceptors (Lipinski definition) is 4. The fraction of sp³-hybridized carbons (Fsp3) is 0. The SMILES string of the molecule is C=Cc1ccc(C(=O)O)c(C(=O)Nc2ccc3ccc4c(NC(=O)c5cc(C=C)c(C=C)cc5C(=O)O)ccc5ccc2c3c54)c1. The number of nitrogens with one attached hydrogen (secondary N) is 2. The van der Waals surface area contributed by atoms with Gasteiger partial charge in [0, 0.05) is 22.1 Å². The van der Waals surface area contributed by atoms with Gasteiger partial charge in [0.15, 0.2) is 0 Å². The Balaban J connectivity index is 1.44. The number of anilines is 2. The van der Waals surface area contributed by atoms with Crippen LogP contribution < -0.4 is 10.6 Å². The van der Waals surface area contributed by atoms with E-state index in [-0.39, 0.29) is 22.3 Å². The van der Waals surface area contributed by atoms with Crippen molar-refractivity contribution in [1.29, 1.82) is 0 Å². The summed E-state index contributed by atoms with van der Waals surface area (Å²) in [4.78, 5) is 50.9. The molecule has 4 N–H and O–H groups in total. The van der Waals surface area contributed by atoms with Gasteiger partial charge in [-0.2, -0.15) is 0 Å². The Hall–Kier alpha value is -6.54. The molecule has 0 bridgehead atoms. The van der Waals surface area contributed by atoms with Crippen molar-refractivity contribution in [2.75, 3.05) is 10.6 Å². The summed E-state index contributed by atoms with van der Waals surface area (Å²) in [5, 5.41) is 30.2. The number of hydrogen-bond donors (Lipinski definition) is 4. The minimum Gasteiger partial charge on any atom is -0.478 e. The van der Waals surface area contributed by atoms with Crippen molar-refractivity contribution in [2.45, 2.75) is 0 Å². The highest BCUT2D eigenvalue weighted by Crippen LogP contribution is 2.40. The third kappa shape index (κ3) is 4.93. The van der Waals surface area contributed by atoms with E-state index in [1.54, 1.807) is 18.2 Å². The molecular weight excluding hydrogens is 580 g/mol. The van der Waals surface area contributed by atoms with E-state index in [4.69, 9.17) is 0 Å². The minimum atomic E-state index is -1.25. The number of carboxylic acids is 2. The van der Waals surface area contributed by atoms with Gasteiger partial charge in [-0.15, -0.1) is 0 Å². The van der Waals surface area contributed by atoms with Crippen LogP contribution in [0.4, 0.5) is 11.4 Å². The summed E-state index contributed by atoms with van der Waals surface area (Å²) in [6.45, 7) is 11.2. The highest BCUT2D eigenvalue weighted by molar-refractivity contribution is 6.29. The second-order valence-electron chi connectivity index (χ2n) is 10.6. The van der Waals surface area contributed by atoms with E-state index in [0.717, 1.165) is 21.5 Å². The molecule has 8 nitrogen and oxygen atoms in total. The number of amides is 2. The molecule has 0 aliphatic carbocycles. The van der Waals surface area contributed by atoms with E-state index >= 15 is 0 Å². The molecule has 8 heteroatoms. The average Bonchev–Trinajstić information content (AvgIpc) is 3.07. The third-order valence-corrected chi connectivity index (χ3v) is 8.05. The van der Waals surface area contributed by atoms with E-state index in [1.165, 1.54) is 42.5 Å². The lowest BCUT2D eigenvalue weighted by Crippen LogP contribution is -2.17. The molecule has 0 atom stereocenters. The summed E-state index contributed by atoms with van der Waals surface area (Å²) in [6.07, 6.45) is 4.57. The Labute approximate surface area is 262 Å². The van der Waals surface area contributed by atoms with Crippen LogP contribution in [-0.4, -0.2) is 34.0 Å². The largest absolute Gasteiger partial charge is 0.478 e. The van der Waals surface area contributed by atoms with Gasteiger partial charge < -0.3 is 20.8 Å². The lowest BCUT2D eigenvalue weighted by molar-refractivity contribution is 0.0683. The average molecular weight is 607 g/mol. The number of carbonyl (C=O) groups excluding carboxylic acids is 2. The maximum absolute atomic E-state index is 13.6. The minimum absolute atomic E-state index is 0.00191. The van der Waals surface area contributed by atoms with E-state index in [1.807, 2.05) is 36.4 Å². The zero-order valence-electron chi connectivity index (χ0n) is 24.4. The van der Waals surface area contributed by atoms with Gasteiger partial charge in [-0.1, -0.05) is 80.4 Å². The predicted octanol–water partition coefficient (Wildman–Crippen LogP) is 8.41. The van der Waals surface area contributed by atoms with Crippen molar-refractivity contribution in [3.05, 3.63) is 138 Å². The zero-order chi connectivity index (χ0) is 32.7. The van der Waals surface area contributed by atoms with Gasteiger partial charge in [0.2, 0.25) is 0 Å². The van der Waals surface area contributed by atoms with Crippen molar-refractivity contribution in [1.82, 2.24) is 0 Å². The van der Waals surface area contributed by atoms with Crippen LogP contribution >= 0.6 is 0 Å². The molecule has 0 aliphatic rings. The van der Waals surface area contributed by atoms with E-state index < -0.39 is 23.8 Å². The van der Waals surface area contributed by atoms with Crippen molar-refractivity contribution >= 4 is 85.7 Å². The van der Waals surface area contributed by atoms with Crippen LogP contribution in [0.1, 0.15) is 58.1 Å². The Morgan fingerprint density at radius 2 is 0.978 bits per heavy atom. The van der Waals surface area contributed by atoms with E-state index in [9.17, 15) is 29.4 Å². The third-order valence-electron chi connectivity index (χ3n) is 8.05. The molecule has 0 saturated carbocycles. The van der Waals surface area contributed by atoms with Crippen molar-refractivity contribution in [3.8, 4) is 0 Å². The van der Waals surface area contributed by atoms with Crippen LogP contribution in [-0.2, 0) is 0 Å². The first kappa shape index (κ1) is 29.5. The van der Waals surface area contributed by atoms with Gasteiger partial charge in [-0.05, 0) is 74.6 Å². The monoisotopic (exact) mass is 606 g/mol. The van der Waals surface area contributed by atoms with Gasteiger partial charge in [0.1, 0.15) is 0 Å². The first-order valence-electron chi connectivity index (χ1n) is 14.1. The number of aromatic carboxylic acids is 2. The van der Waals surface area contributed by atoms with Gasteiger partial charge in [-0.25, -0.2) is 9.59 Å². The van der Waals surface area contributed by atoms with Crippen LogP contribution in [0, 0.1) is 0 Å². The van der Waals surface area contributed by atoms with Gasteiger partial charge in [0.25, 0.3) is 11.8 Å². The highest BCUT2D eigenvalue weighted by Gasteiger charge is 2.22. The molecule has 0 saturated heterocycles. The summed E-state index contributed by atoms with van der Waals surface area (Å²) < 4.78 is 0. The van der Waals surface area contributed by atoms with Gasteiger partial charge in [-0.3, -0.25) is 9.59 Å². The van der Waals surface area contributed by atoms with Crippen LogP contribution in [0.2, 0.25) is 0 Å². The zero-order valence-corrected chi connectivity index (χ0v) is 24.4. The van der Waals surface area contributed by atoms with Crippen LogP contribution in [0.15, 0.2) is 98.6 Å². The summed E-state index contributed by atoms with van der Waals surface area (Å²) in [6, 6.07) is 22.1. The molecular formula is C38H26N2O6. The molecule has 6 aromatic rings. The second kappa shape index (κ2) is 11.5. The summed E-state index contributed by atoms with van der Waals surface area (Å²) in [7, 11) is 0. The Bertz CT molecular complexity index is 2320. The van der Waals surface area contributed by atoms with E-state index in [0.29, 0.717) is 38.8 Å². The molecule has 6 rings (SSSR count). The fourth-order valence-corrected chi connectivity index (χ4v) is 5.81. The number of carbonyl (C=O) groups is 4. The van der Waals surface area contributed by atoms with Crippen LogP contribution in [0.25, 0.3) is 50.5 Å². The molecule has 0 heterocycles. The van der Waals surface area contributed by atoms with Crippen molar-refractivity contribution in [2.24, 2.45) is 0 Å². The molecule has 2 amide bonds. The molecule has 0 fully saturated rings. The quantitative estimate of drug-likeness (QED) is 0.122. The molecule has 0 radical (unpaired) electrons. The molecule has 0 aromatic heterocycles. The first-order valence-corrected chi connectivity index (χ1v) is 14.1. The smallest absolute Gasteiger partial charge is 0.336 e. The lowest BCUT2D eigenvalue weighted by Gasteiger charge is -2.17. The normalized spacial score (nSPS) is 11.0. The first-order chi connectivity index (χ1) is 22.1. The Morgan fingerprint density at radius 3 is 1.43 bits per heavy atom. The molecule has 224 valence electrons. The molecule has 0 spiro atoms. The highest BCUT2D eigenvalue weighted by atomic mass is 16.4. The van der Waals surface area contributed by atoms with Crippen LogP contribution in [0.3, 0.4) is 0 Å². The van der Waals surface area contributed by atoms with Gasteiger partial charge >= 0.3 is 11.9 Å². The Morgan fingerprint density at radius 1 is 0.522 bits per heavy atom. The van der Waals surface area contributed by atoms with Gasteiger partial charge in [0.05, 0.1) is 22.3 Å².